The molecule has 1 aromatic heterocycles. The number of hydrogen-bond acceptors (Lipinski definition) is 5. The second-order valence-corrected chi connectivity index (χ2v) is 8.36. The highest BCUT2D eigenvalue weighted by atomic mass is 35.5. The molecule has 1 aromatic carbocycles. The molecule has 0 aliphatic heterocycles. The molecule has 0 atom stereocenters. The summed E-state index contributed by atoms with van der Waals surface area (Å²) in [4.78, 5) is 24.7. The molecule has 0 saturated heterocycles. The number of benzene rings is 1. The van der Waals surface area contributed by atoms with Crippen molar-refractivity contribution in [1.82, 2.24) is 9.13 Å². The first kappa shape index (κ1) is 25.1. The van der Waals surface area contributed by atoms with Gasteiger partial charge in [-0.05, 0) is 37.6 Å². The van der Waals surface area contributed by atoms with E-state index in [4.69, 9.17) is 20.6 Å². The monoisotopic (exact) mass is 484 g/mol. The maximum absolute atomic E-state index is 14.5. The van der Waals surface area contributed by atoms with Gasteiger partial charge in [-0.1, -0.05) is 11.6 Å². The molecule has 0 bridgehead atoms. The number of hydrogen-bond donors (Lipinski definition) is 0. The molecule has 13 heteroatoms. The van der Waals surface area contributed by atoms with Crippen molar-refractivity contribution >= 4 is 25.3 Å². The molecular formula is C18H18ClF4N2O5P. The van der Waals surface area contributed by atoms with E-state index in [2.05, 4.69) is 0 Å². The van der Waals surface area contributed by atoms with Crippen molar-refractivity contribution in [2.75, 3.05) is 13.2 Å². The standard InChI is InChI=1S/C18H18ClF4N2O5P/c1-4-29-31(28,30-5-2)7-6-11-8-14(13(20)9-12(11)19)25-16(26)10-15(18(21,22)23)24(3)17(25)27/h6-10H,4-5H2,1-3H3. The number of nitrogens with zero attached hydrogens (tertiary/aromatic N) is 2. The molecule has 2 aromatic rings. The first-order valence-electron chi connectivity index (χ1n) is 8.82. The Morgan fingerprint density at radius 1 is 1.13 bits per heavy atom. The molecule has 0 radical (unpaired) electrons. The molecule has 1 heterocycles. The quantitative estimate of drug-likeness (QED) is 0.424. The van der Waals surface area contributed by atoms with E-state index in [9.17, 15) is 31.7 Å². The second kappa shape index (κ2) is 9.52. The third-order valence-electron chi connectivity index (χ3n) is 3.97. The maximum atomic E-state index is 14.5. The van der Waals surface area contributed by atoms with Crippen LogP contribution < -0.4 is 11.2 Å². The lowest BCUT2D eigenvalue weighted by molar-refractivity contribution is -0.144. The van der Waals surface area contributed by atoms with Gasteiger partial charge in [0, 0.05) is 18.9 Å². The van der Waals surface area contributed by atoms with Crippen molar-refractivity contribution in [2.24, 2.45) is 7.05 Å². The lowest BCUT2D eigenvalue weighted by Crippen LogP contribution is -2.41. The van der Waals surface area contributed by atoms with Gasteiger partial charge in [0.1, 0.15) is 11.5 Å². The van der Waals surface area contributed by atoms with Gasteiger partial charge in [-0.2, -0.15) is 13.2 Å². The molecule has 7 nitrogen and oxygen atoms in total. The van der Waals surface area contributed by atoms with Crippen LogP contribution in [0.15, 0.2) is 33.6 Å². The average Bonchev–Trinajstić information content (AvgIpc) is 2.65. The summed E-state index contributed by atoms with van der Waals surface area (Å²) in [6.07, 6.45) is -3.78. The molecule has 0 aliphatic carbocycles. The fourth-order valence-corrected chi connectivity index (χ4v) is 4.15. The first-order chi connectivity index (χ1) is 14.3. The van der Waals surface area contributed by atoms with Crippen molar-refractivity contribution in [2.45, 2.75) is 20.0 Å². The van der Waals surface area contributed by atoms with Gasteiger partial charge in [-0.25, -0.2) is 13.8 Å². The van der Waals surface area contributed by atoms with Crippen LogP contribution in [0.3, 0.4) is 0 Å². The summed E-state index contributed by atoms with van der Waals surface area (Å²) in [6, 6.07) is 1.92. The summed E-state index contributed by atoms with van der Waals surface area (Å²) in [5.74, 6) is -0.0600. The Morgan fingerprint density at radius 3 is 2.23 bits per heavy atom. The number of halogens is 5. The van der Waals surface area contributed by atoms with E-state index >= 15 is 0 Å². The molecular weight excluding hydrogens is 467 g/mol. The van der Waals surface area contributed by atoms with E-state index in [1.807, 2.05) is 0 Å². The van der Waals surface area contributed by atoms with Gasteiger partial charge in [0.2, 0.25) is 0 Å². The van der Waals surface area contributed by atoms with Crippen molar-refractivity contribution < 1.29 is 31.2 Å². The summed E-state index contributed by atoms with van der Waals surface area (Å²) < 4.78 is 76.7. The lowest BCUT2D eigenvalue weighted by Gasteiger charge is -2.15. The molecule has 2 rings (SSSR count). The van der Waals surface area contributed by atoms with Gasteiger partial charge in [-0.15, -0.1) is 0 Å². The van der Waals surface area contributed by atoms with Gasteiger partial charge < -0.3 is 9.05 Å². The van der Waals surface area contributed by atoms with Crippen molar-refractivity contribution in [3.05, 3.63) is 67.0 Å². The Labute approximate surface area is 179 Å². The Kier molecular flexibility index (Phi) is 7.70. The van der Waals surface area contributed by atoms with Crippen LogP contribution in [-0.2, 0) is 26.8 Å². The SMILES string of the molecule is CCOP(=O)(C=Cc1cc(-n2c(=O)cc(C(F)(F)F)n(C)c2=O)c(F)cc1Cl)OCC. The minimum absolute atomic E-state index is 0.0200. The molecule has 31 heavy (non-hydrogen) atoms. The van der Waals surface area contributed by atoms with E-state index in [0.29, 0.717) is 0 Å². The molecule has 0 fully saturated rings. The highest BCUT2D eigenvalue weighted by Crippen LogP contribution is 2.50. The van der Waals surface area contributed by atoms with Gasteiger partial charge in [0.05, 0.1) is 23.9 Å². The zero-order valence-electron chi connectivity index (χ0n) is 16.6. The molecule has 0 N–H and O–H groups in total. The van der Waals surface area contributed by atoms with Crippen molar-refractivity contribution in [3.8, 4) is 5.69 Å². The fraction of sp³-hybridized carbons (Fsp3) is 0.333. The number of aromatic nitrogens is 2. The Hall–Kier alpha value is -2.20. The van der Waals surface area contributed by atoms with Gasteiger partial charge in [0.25, 0.3) is 5.56 Å². The van der Waals surface area contributed by atoms with E-state index in [1.54, 1.807) is 13.8 Å². The summed E-state index contributed by atoms with van der Waals surface area (Å²) >= 11 is 5.99. The van der Waals surface area contributed by atoms with E-state index < -0.39 is 42.2 Å². The third-order valence-corrected chi connectivity index (χ3v) is 6.05. The maximum Gasteiger partial charge on any atom is 0.431 e. The number of alkyl halides is 3. The summed E-state index contributed by atoms with van der Waals surface area (Å²) in [5.41, 5.74) is -4.90. The molecule has 0 spiro atoms. The Bertz CT molecular complexity index is 1160. The Morgan fingerprint density at radius 2 is 1.71 bits per heavy atom. The minimum Gasteiger partial charge on any atom is -0.306 e. The summed E-state index contributed by atoms with van der Waals surface area (Å²) in [7, 11) is -2.85. The molecule has 0 saturated carbocycles. The van der Waals surface area contributed by atoms with E-state index in [1.165, 1.54) is 6.08 Å². The van der Waals surface area contributed by atoms with Crippen LogP contribution in [0, 0.1) is 5.82 Å². The van der Waals surface area contributed by atoms with Crippen LogP contribution in [0.2, 0.25) is 5.02 Å². The zero-order chi connectivity index (χ0) is 23.6. The molecule has 170 valence electrons. The lowest BCUT2D eigenvalue weighted by atomic mass is 10.2. The average molecular weight is 485 g/mol. The predicted octanol–water partition coefficient (Wildman–Crippen LogP) is 4.58. The smallest absolute Gasteiger partial charge is 0.306 e. The van der Waals surface area contributed by atoms with E-state index in [0.717, 1.165) is 25.0 Å². The highest BCUT2D eigenvalue weighted by Gasteiger charge is 2.35. The van der Waals surface area contributed by atoms with Gasteiger partial charge in [-0.3, -0.25) is 13.9 Å². The van der Waals surface area contributed by atoms with Crippen LogP contribution >= 0.6 is 19.2 Å². The molecule has 0 amide bonds. The summed E-state index contributed by atoms with van der Waals surface area (Å²) in [5, 5.41) is -0.172. The minimum atomic E-state index is -4.96. The van der Waals surface area contributed by atoms with Crippen LogP contribution in [0.4, 0.5) is 17.6 Å². The highest BCUT2D eigenvalue weighted by molar-refractivity contribution is 7.57. The van der Waals surface area contributed by atoms with Crippen LogP contribution in [0.1, 0.15) is 25.1 Å². The number of rotatable bonds is 7. The fourth-order valence-electron chi connectivity index (χ4n) is 2.63. The second-order valence-electron chi connectivity index (χ2n) is 6.06. The van der Waals surface area contributed by atoms with Crippen LogP contribution in [-0.4, -0.2) is 22.3 Å². The van der Waals surface area contributed by atoms with Gasteiger partial charge >= 0.3 is 19.5 Å². The summed E-state index contributed by atoms with van der Waals surface area (Å²) in [6.45, 7) is 3.33. The normalized spacial score (nSPS) is 12.6. The third kappa shape index (κ3) is 5.54. The predicted molar refractivity (Wildman–Crippen MR) is 107 cm³/mol. The van der Waals surface area contributed by atoms with Crippen molar-refractivity contribution in [3.63, 3.8) is 0 Å². The van der Waals surface area contributed by atoms with Crippen LogP contribution in [0.5, 0.6) is 0 Å². The van der Waals surface area contributed by atoms with E-state index in [-0.39, 0.29) is 39.0 Å². The van der Waals surface area contributed by atoms with Gasteiger partial charge in [0.15, 0.2) is 0 Å². The van der Waals surface area contributed by atoms with Crippen LogP contribution in [0.25, 0.3) is 11.8 Å². The first-order valence-corrected chi connectivity index (χ1v) is 10.8. The zero-order valence-corrected chi connectivity index (χ0v) is 18.2. The molecule has 0 aliphatic rings. The molecule has 0 unspecified atom stereocenters. The van der Waals surface area contributed by atoms with Crippen molar-refractivity contribution in [1.29, 1.82) is 0 Å². The topological polar surface area (TPSA) is 79.5 Å². The largest absolute Gasteiger partial charge is 0.431 e. The Balaban J connectivity index is 2.68.